The SMILES string of the molecule is CCCCCCCC/C=C\CCCCCCCCCCCC(=O)O.CCCCCCCCCC(=O)O. The second kappa shape index (κ2) is 33.7. The molecule has 0 aliphatic rings. The van der Waals surface area contributed by atoms with E-state index in [1.54, 1.807) is 0 Å². The summed E-state index contributed by atoms with van der Waals surface area (Å²) in [5, 5.41) is 16.9. The molecule has 214 valence electrons. The van der Waals surface area contributed by atoms with Gasteiger partial charge in [-0.1, -0.05) is 142 Å². The lowest BCUT2D eigenvalue weighted by Crippen LogP contribution is -1.93. The molecule has 0 aromatic carbocycles. The van der Waals surface area contributed by atoms with Gasteiger partial charge in [-0.2, -0.15) is 0 Å². The molecule has 0 unspecified atom stereocenters. The summed E-state index contributed by atoms with van der Waals surface area (Å²) in [6.07, 6.45) is 35.8. The molecule has 0 rings (SSSR count). The number of carboxylic acid groups (broad SMARTS) is 2. The Bertz CT molecular complexity index is 473. The average Bonchev–Trinajstić information content (AvgIpc) is 2.85. The van der Waals surface area contributed by atoms with Crippen molar-refractivity contribution in [2.75, 3.05) is 0 Å². The van der Waals surface area contributed by atoms with E-state index in [1.165, 1.54) is 128 Å². The summed E-state index contributed by atoms with van der Waals surface area (Å²) >= 11 is 0. The van der Waals surface area contributed by atoms with Crippen LogP contribution >= 0.6 is 0 Å². The van der Waals surface area contributed by atoms with Gasteiger partial charge in [-0.25, -0.2) is 0 Å². The molecule has 0 fully saturated rings. The van der Waals surface area contributed by atoms with Gasteiger partial charge in [-0.15, -0.1) is 0 Å². The Balaban J connectivity index is 0. The van der Waals surface area contributed by atoms with Gasteiger partial charge >= 0.3 is 11.9 Å². The van der Waals surface area contributed by atoms with E-state index in [-0.39, 0.29) is 0 Å². The summed E-state index contributed by atoms with van der Waals surface area (Å²) in [4.78, 5) is 20.5. The highest BCUT2D eigenvalue weighted by atomic mass is 16.4. The van der Waals surface area contributed by atoms with Gasteiger partial charge in [-0.3, -0.25) is 9.59 Å². The van der Waals surface area contributed by atoms with E-state index in [4.69, 9.17) is 10.2 Å². The molecule has 0 aromatic heterocycles. The molecule has 0 saturated carbocycles. The van der Waals surface area contributed by atoms with Crippen molar-refractivity contribution in [2.24, 2.45) is 0 Å². The van der Waals surface area contributed by atoms with Crippen LogP contribution in [-0.2, 0) is 9.59 Å². The lowest BCUT2D eigenvalue weighted by Gasteiger charge is -2.01. The third kappa shape index (κ3) is 39.9. The van der Waals surface area contributed by atoms with E-state index < -0.39 is 11.9 Å². The van der Waals surface area contributed by atoms with E-state index >= 15 is 0 Å². The van der Waals surface area contributed by atoms with Crippen LogP contribution in [0, 0.1) is 0 Å². The highest BCUT2D eigenvalue weighted by Crippen LogP contribution is 2.12. The molecule has 4 heteroatoms. The number of unbranched alkanes of at least 4 members (excludes halogenated alkanes) is 21. The monoisotopic (exact) mass is 510 g/mol. The first kappa shape index (κ1) is 36.8. The van der Waals surface area contributed by atoms with Crippen molar-refractivity contribution >= 4 is 11.9 Å². The molecule has 0 aliphatic carbocycles. The first-order valence-electron chi connectivity index (χ1n) is 15.6. The summed E-state index contributed by atoms with van der Waals surface area (Å²) in [6, 6.07) is 0. The number of carbonyl (C=O) groups is 2. The predicted molar refractivity (Wildman–Crippen MR) is 156 cm³/mol. The minimum atomic E-state index is -0.663. The number of allylic oxidation sites excluding steroid dienone is 2. The van der Waals surface area contributed by atoms with Gasteiger partial charge in [0.15, 0.2) is 0 Å². The van der Waals surface area contributed by atoms with Gasteiger partial charge in [0.25, 0.3) is 0 Å². The van der Waals surface area contributed by atoms with Crippen molar-refractivity contribution in [1.29, 1.82) is 0 Å². The molecule has 0 saturated heterocycles. The van der Waals surface area contributed by atoms with Gasteiger partial charge in [0.1, 0.15) is 0 Å². The lowest BCUT2D eigenvalue weighted by molar-refractivity contribution is -0.138. The van der Waals surface area contributed by atoms with Crippen LogP contribution in [0.25, 0.3) is 0 Å². The van der Waals surface area contributed by atoms with Crippen molar-refractivity contribution in [3.8, 4) is 0 Å². The summed E-state index contributed by atoms with van der Waals surface area (Å²) in [5.74, 6) is -1.32. The molecule has 2 N–H and O–H groups in total. The van der Waals surface area contributed by atoms with Gasteiger partial charge in [0.05, 0.1) is 0 Å². The zero-order valence-corrected chi connectivity index (χ0v) is 24.3. The van der Waals surface area contributed by atoms with Crippen LogP contribution in [0.5, 0.6) is 0 Å². The van der Waals surface area contributed by atoms with Crippen molar-refractivity contribution in [3.63, 3.8) is 0 Å². The fraction of sp³-hybridized carbons (Fsp3) is 0.875. The highest BCUT2D eigenvalue weighted by Gasteiger charge is 1.97. The van der Waals surface area contributed by atoms with Crippen molar-refractivity contribution < 1.29 is 19.8 Å². The molecular formula is C32H62O4. The van der Waals surface area contributed by atoms with Gasteiger partial charge < -0.3 is 10.2 Å². The van der Waals surface area contributed by atoms with Crippen LogP contribution in [0.4, 0.5) is 0 Å². The van der Waals surface area contributed by atoms with Gasteiger partial charge in [0.2, 0.25) is 0 Å². The first-order chi connectivity index (χ1) is 17.5. The maximum Gasteiger partial charge on any atom is 0.303 e. The third-order valence-corrected chi connectivity index (χ3v) is 6.65. The van der Waals surface area contributed by atoms with Crippen LogP contribution in [0.1, 0.15) is 181 Å². The van der Waals surface area contributed by atoms with Crippen LogP contribution in [0.15, 0.2) is 12.2 Å². The number of carboxylic acids is 2. The zero-order chi connectivity index (χ0) is 27.0. The van der Waals surface area contributed by atoms with E-state index in [0.717, 1.165) is 25.7 Å². The standard InChI is InChI=1S/C22H42O2.C10H20O2/c1-2-3-4-5-6-7-8-9-10-11-12-13-14-15-16-17-18-19-20-21-22(23)24;1-2-3-4-5-6-7-8-9-10(11)12/h9-10H,2-8,11-21H2,1H3,(H,23,24);2-9H2,1H3,(H,11,12)/b10-9-;. The molecule has 4 nitrogen and oxygen atoms in total. The number of rotatable bonds is 27. The van der Waals surface area contributed by atoms with E-state index in [2.05, 4.69) is 26.0 Å². The fourth-order valence-electron chi connectivity index (χ4n) is 4.29. The highest BCUT2D eigenvalue weighted by molar-refractivity contribution is 5.66. The smallest absolute Gasteiger partial charge is 0.303 e. The van der Waals surface area contributed by atoms with Crippen LogP contribution in [0.3, 0.4) is 0 Å². The molecule has 0 atom stereocenters. The zero-order valence-electron chi connectivity index (χ0n) is 24.3. The van der Waals surface area contributed by atoms with Crippen molar-refractivity contribution in [3.05, 3.63) is 12.2 Å². The van der Waals surface area contributed by atoms with E-state index in [1.807, 2.05) is 0 Å². The third-order valence-electron chi connectivity index (χ3n) is 6.65. The Morgan fingerprint density at radius 2 is 0.667 bits per heavy atom. The largest absolute Gasteiger partial charge is 0.481 e. The van der Waals surface area contributed by atoms with Crippen molar-refractivity contribution in [1.82, 2.24) is 0 Å². The number of hydrogen-bond donors (Lipinski definition) is 2. The maximum absolute atomic E-state index is 10.4. The van der Waals surface area contributed by atoms with Crippen molar-refractivity contribution in [2.45, 2.75) is 181 Å². The second-order valence-corrected chi connectivity index (χ2v) is 10.4. The summed E-state index contributed by atoms with van der Waals surface area (Å²) < 4.78 is 0. The molecule has 0 aliphatic heterocycles. The molecule has 0 radical (unpaired) electrons. The summed E-state index contributed by atoms with van der Waals surface area (Å²) in [6.45, 7) is 4.47. The molecular weight excluding hydrogens is 448 g/mol. The molecule has 0 heterocycles. The molecule has 0 amide bonds. The fourth-order valence-corrected chi connectivity index (χ4v) is 4.29. The number of hydrogen-bond acceptors (Lipinski definition) is 2. The van der Waals surface area contributed by atoms with Crippen LogP contribution in [0.2, 0.25) is 0 Å². The molecule has 0 bridgehead atoms. The number of aliphatic carboxylic acids is 2. The Hall–Kier alpha value is -1.32. The summed E-state index contributed by atoms with van der Waals surface area (Å²) in [7, 11) is 0. The maximum atomic E-state index is 10.4. The minimum Gasteiger partial charge on any atom is -0.481 e. The topological polar surface area (TPSA) is 74.6 Å². The Kier molecular flexibility index (Phi) is 34.5. The molecule has 0 spiro atoms. The molecule has 0 aromatic rings. The minimum absolute atomic E-state index is 0.340. The quantitative estimate of drug-likeness (QED) is 0.0851. The van der Waals surface area contributed by atoms with E-state index in [9.17, 15) is 9.59 Å². The first-order valence-corrected chi connectivity index (χ1v) is 15.6. The normalized spacial score (nSPS) is 10.9. The predicted octanol–water partition coefficient (Wildman–Crippen LogP) is 10.9. The van der Waals surface area contributed by atoms with E-state index in [0.29, 0.717) is 12.8 Å². The Labute approximate surface area is 224 Å². The van der Waals surface area contributed by atoms with Gasteiger partial charge in [-0.05, 0) is 38.5 Å². The van der Waals surface area contributed by atoms with Crippen LogP contribution in [-0.4, -0.2) is 22.2 Å². The van der Waals surface area contributed by atoms with Gasteiger partial charge in [0, 0.05) is 12.8 Å². The summed E-state index contributed by atoms with van der Waals surface area (Å²) in [5.41, 5.74) is 0. The second-order valence-electron chi connectivity index (χ2n) is 10.4. The molecule has 36 heavy (non-hydrogen) atoms. The van der Waals surface area contributed by atoms with Crippen LogP contribution < -0.4 is 0 Å². The lowest BCUT2D eigenvalue weighted by atomic mass is 10.1. The Morgan fingerprint density at radius 1 is 0.417 bits per heavy atom. The average molecular weight is 511 g/mol. The Morgan fingerprint density at radius 3 is 0.944 bits per heavy atom.